The monoisotopic (exact) mass is 401 g/mol. The van der Waals surface area contributed by atoms with Crippen LogP contribution < -0.4 is 0 Å². The molecule has 0 aliphatic carbocycles. The van der Waals surface area contributed by atoms with E-state index in [1.807, 2.05) is 40.8 Å². The minimum atomic E-state index is -0.0489. The highest BCUT2D eigenvalue weighted by atomic mass is 16.2. The Kier molecular flexibility index (Phi) is 4.58. The number of rotatable bonds is 2. The number of amides is 2. The minimum absolute atomic E-state index is 0.0424. The van der Waals surface area contributed by atoms with Crippen molar-refractivity contribution in [1.29, 1.82) is 0 Å². The SMILES string of the molecule is Cc1cncc(C(=O)N2CCn3nc(C(=O)N4CCc5ccccc5C4)cc3C2)c1. The molecule has 0 bridgehead atoms. The zero-order valence-electron chi connectivity index (χ0n) is 16.9. The molecule has 5 rings (SSSR count). The molecule has 30 heavy (non-hydrogen) atoms. The second kappa shape index (κ2) is 7.40. The van der Waals surface area contributed by atoms with Gasteiger partial charge in [-0.1, -0.05) is 24.3 Å². The van der Waals surface area contributed by atoms with Crippen LogP contribution in [-0.4, -0.2) is 49.5 Å². The lowest BCUT2D eigenvalue weighted by Gasteiger charge is -2.28. The normalized spacial score (nSPS) is 15.5. The van der Waals surface area contributed by atoms with Gasteiger partial charge < -0.3 is 9.80 Å². The molecule has 4 heterocycles. The zero-order valence-corrected chi connectivity index (χ0v) is 16.9. The van der Waals surface area contributed by atoms with E-state index in [0.29, 0.717) is 44.0 Å². The smallest absolute Gasteiger partial charge is 0.274 e. The number of nitrogens with zero attached hydrogens (tertiary/aromatic N) is 5. The number of aryl methyl sites for hydroxylation is 1. The van der Waals surface area contributed by atoms with E-state index in [0.717, 1.165) is 17.7 Å². The van der Waals surface area contributed by atoms with Crippen molar-refractivity contribution >= 4 is 11.8 Å². The van der Waals surface area contributed by atoms with Gasteiger partial charge in [-0.25, -0.2) is 0 Å². The van der Waals surface area contributed by atoms with Crippen molar-refractivity contribution < 1.29 is 9.59 Å². The summed E-state index contributed by atoms with van der Waals surface area (Å²) in [5.41, 5.74) is 5.40. The molecule has 0 spiro atoms. The standard InChI is InChI=1S/C23H23N5O2/c1-16-10-19(13-24-12-16)22(29)27-8-9-28-20(15-27)11-21(25-28)23(30)26-7-6-17-4-2-3-5-18(17)14-26/h2-5,10-13H,6-9,14-15H2,1H3. The Bertz CT molecular complexity index is 1140. The van der Waals surface area contributed by atoms with Crippen LogP contribution in [0.5, 0.6) is 0 Å². The molecule has 0 saturated carbocycles. The van der Waals surface area contributed by atoms with Crippen LogP contribution in [0.4, 0.5) is 0 Å². The van der Waals surface area contributed by atoms with Crippen molar-refractivity contribution in [3.8, 4) is 0 Å². The molecule has 2 aromatic heterocycles. The van der Waals surface area contributed by atoms with E-state index < -0.39 is 0 Å². The first-order valence-corrected chi connectivity index (χ1v) is 10.2. The highest BCUT2D eigenvalue weighted by Gasteiger charge is 2.28. The molecular formula is C23H23N5O2. The number of carbonyl (C=O) groups excluding carboxylic acids is 2. The molecule has 0 N–H and O–H groups in total. The molecule has 0 unspecified atom stereocenters. The average Bonchev–Trinajstić information content (AvgIpc) is 3.21. The van der Waals surface area contributed by atoms with Crippen molar-refractivity contribution in [2.45, 2.75) is 33.0 Å². The summed E-state index contributed by atoms with van der Waals surface area (Å²) in [4.78, 5) is 33.7. The number of hydrogen-bond donors (Lipinski definition) is 0. The van der Waals surface area contributed by atoms with E-state index in [1.165, 1.54) is 11.1 Å². The average molecular weight is 401 g/mol. The van der Waals surface area contributed by atoms with E-state index in [1.54, 1.807) is 17.3 Å². The zero-order chi connectivity index (χ0) is 20.7. The fraction of sp³-hybridized carbons (Fsp3) is 0.304. The Morgan fingerprint density at radius 3 is 2.53 bits per heavy atom. The second-order valence-corrected chi connectivity index (χ2v) is 7.97. The van der Waals surface area contributed by atoms with E-state index in [-0.39, 0.29) is 11.8 Å². The Balaban J connectivity index is 1.32. The molecule has 0 radical (unpaired) electrons. The maximum atomic E-state index is 13.1. The van der Waals surface area contributed by atoms with Gasteiger partial charge in [-0.2, -0.15) is 5.10 Å². The van der Waals surface area contributed by atoms with E-state index in [4.69, 9.17) is 0 Å². The quantitative estimate of drug-likeness (QED) is 0.661. The van der Waals surface area contributed by atoms with Gasteiger partial charge >= 0.3 is 0 Å². The molecule has 7 heteroatoms. The highest BCUT2D eigenvalue weighted by molar-refractivity contribution is 5.94. The van der Waals surface area contributed by atoms with Crippen LogP contribution in [0.1, 0.15) is 43.2 Å². The predicted octanol–water partition coefficient (Wildman–Crippen LogP) is 2.44. The molecule has 2 aliphatic rings. The summed E-state index contributed by atoms with van der Waals surface area (Å²) in [6.45, 7) is 4.82. The van der Waals surface area contributed by atoms with Gasteiger partial charge in [0, 0.05) is 32.0 Å². The van der Waals surface area contributed by atoms with Crippen LogP contribution >= 0.6 is 0 Å². The number of hydrogen-bond acceptors (Lipinski definition) is 4. The summed E-state index contributed by atoms with van der Waals surface area (Å²) in [6.07, 6.45) is 4.20. The Hall–Kier alpha value is -3.48. The molecule has 0 atom stereocenters. The van der Waals surface area contributed by atoms with Crippen molar-refractivity contribution in [3.05, 3.63) is 82.4 Å². The van der Waals surface area contributed by atoms with Crippen LogP contribution in [0.25, 0.3) is 0 Å². The molecule has 3 aromatic rings. The number of pyridine rings is 1. The van der Waals surface area contributed by atoms with Crippen molar-refractivity contribution in [1.82, 2.24) is 24.6 Å². The van der Waals surface area contributed by atoms with Crippen molar-refractivity contribution in [2.24, 2.45) is 0 Å². The van der Waals surface area contributed by atoms with Crippen LogP contribution in [0.15, 0.2) is 48.8 Å². The summed E-state index contributed by atoms with van der Waals surface area (Å²) in [6, 6.07) is 11.9. The number of carbonyl (C=O) groups is 2. The fourth-order valence-electron chi connectivity index (χ4n) is 4.23. The summed E-state index contributed by atoms with van der Waals surface area (Å²) < 4.78 is 1.85. The third-order valence-electron chi connectivity index (χ3n) is 5.84. The molecule has 2 amide bonds. The van der Waals surface area contributed by atoms with Gasteiger partial charge in [-0.3, -0.25) is 19.3 Å². The first kappa shape index (κ1) is 18.5. The Morgan fingerprint density at radius 2 is 1.70 bits per heavy atom. The summed E-state index contributed by atoms with van der Waals surface area (Å²) in [5.74, 6) is -0.0914. The molecule has 0 saturated heterocycles. The van der Waals surface area contributed by atoms with Gasteiger partial charge in [0.2, 0.25) is 0 Å². The predicted molar refractivity (Wildman–Crippen MR) is 111 cm³/mol. The fourth-order valence-corrected chi connectivity index (χ4v) is 4.23. The molecule has 2 aliphatic heterocycles. The molecule has 152 valence electrons. The summed E-state index contributed by atoms with van der Waals surface area (Å²) >= 11 is 0. The molecule has 1 aromatic carbocycles. The van der Waals surface area contributed by atoms with Crippen molar-refractivity contribution in [2.75, 3.05) is 13.1 Å². The Morgan fingerprint density at radius 1 is 0.900 bits per heavy atom. The Labute approximate surface area is 174 Å². The van der Waals surface area contributed by atoms with Gasteiger partial charge in [-0.15, -0.1) is 0 Å². The third kappa shape index (κ3) is 3.36. The van der Waals surface area contributed by atoms with E-state index in [9.17, 15) is 9.59 Å². The number of fused-ring (bicyclic) bond motifs is 2. The van der Waals surface area contributed by atoms with Gasteiger partial charge in [0.1, 0.15) is 0 Å². The van der Waals surface area contributed by atoms with Crippen LogP contribution in [-0.2, 0) is 26.1 Å². The van der Waals surface area contributed by atoms with Gasteiger partial charge in [0.25, 0.3) is 11.8 Å². The maximum Gasteiger partial charge on any atom is 0.274 e. The molecule has 0 fully saturated rings. The lowest BCUT2D eigenvalue weighted by atomic mass is 10.00. The van der Waals surface area contributed by atoms with E-state index >= 15 is 0 Å². The lowest BCUT2D eigenvalue weighted by molar-refractivity contribution is 0.0699. The number of aromatic nitrogens is 3. The van der Waals surface area contributed by atoms with Crippen LogP contribution in [0, 0.1) is 6.92 Å². The van der Waals surface area contributed by atoms with Crippen LogP contribution in [0.3, 0.4) is 0 Å². The molecular weight excluding hydrogens is 378 g/mol. The van der Waals surface area contributed by atoms with Gasteiger partial charge in [0.15, 0.2) is 5.69 Å². The number of benzene rings is 1. The van der Waals surface area contributed by atoms with Gasteiger partial charge in [-0.05, 0) is 42.2 Å². The maximum absolute atomic E-state index is 13.1. The summed E-state index contributed by atoms with van der Waals surface area (Å²) in [7, 11) is 0. The molecule has 7 nitrogen and oxygen atoms in total. The second-order valence-electron chi connectivity index (χ2n) is 7.97. The lowest BCUT2D eigenvalue weighted by Crippen LogP contribution is -2.38. The van der Waals surface area contributed by atoms with E-state index in [2.05, 4.69) is 22.2 Å². The first-order valence-electron chi connectivity index (χ1n) is 10.2. The van der Waals surface area contributed by atoms with Crippen molar-refractivity contribution in [3.63, 3.8) is 0 Å². The summed E-state index contributed by atoms with van der Waals surface area (Å²) in [5, 5.41) is 4.54. The van der Waals surface area contributed by atoms with Crippen LogP contribution in [0.2, 0.25) is 0 Å². The largest absolute Gasteiger partial charge is 0.333 e. The minimum Gasteiger partial charge on any atom is -0.333 e. The topological polar surface area (TPSA) is 71.3 Å². The third-order valence-corrected chi connectivity index (χ3v) is 5.84. The van der Waals surface area contributed by atoms with Gasteiger partial charge in [0.05, 0.1) is 24.3 Å². The first-order chi connectivity index (χ1) is 14.6. The highest BCUT2D eigenvalue weighted by Crippen LogP contribution is 2.22.